The van der Waals surface area contributed by atoms with E-state index in [1.54, 1.807) is 4.90 Å². The number of hydrogen-bond donors (Lipinski definition) is 1. The van der Waals surface area contributed by atoms with Gasteiger partial charge in [0, 0.05) is 32.7 Å². The maximum absolute atomic E-state index is 14.0. The number of nitrogens with zero attached hydrogens (tertiary/aromatic N) is 3. The van der Waals surface area contributed by atoms with Crippen LogP contribution in [0.1, 0.15) is 36.1 Å². The van der Waals surface area contributed by atoms with Gasteiger partial charge in [-0.3, -0.25) is 14.6 Å². The molecule has 1 fully saturated rings. The van der Waals surface area contributed by atoms with E-state index < -0.39 is 17.8 Å². The average Bonchev–Trinajstić information content (AvgIpc) is 3.16. The zero-order chi connectivity index (χ0) is 28.8. The summed E-state index contributed by atoms with van der Waals surface area (Å²) in [4.78, 5) is 20.3. The predicted octanol–water partition coefficient (Wildman–Crippen LogP) is 5.74. The highest BCUT2D eigenvalue weighted by molar-refractivity contribution is 5.85. The minimum absolute atomic E-state index is 0.0455. The van der Waals surface area contributed by atoms with Gasteiger partial charge in [-0.1, -0.05) is 121 Å². The van der Waals surface area contributed by atoms with Crippen LogP contribution in [0.2, 0.25) is 0 Å². The van der Waals surface area contributed by atoms with Gasteiger partial charge in [0.15, 0.2) is 0 Å². The number of carbonyl (C=O) groups is 1. The molecule has 1 amide bonds. The van der Waals surface area contributed by atoms with Crippen LogP contribution in [0, 0.1) is 0 Å². The van der Waals surface area contributed by atoms with E-state index in [2.05, 4.69) is 96.4 Å². The summed E-state index contributed by atoms with van der Waals surface area (Å²) in [5.41, 5.74) is 4.04. The van der Waals surface area contributed by atoms with E-state index in [1.807, 2.05) is 55.6 Å². The summed E-state index contributed by atoms with van der Waals surface area (Å²) in [5.74, 6) is -0.0455. The Morgan fingerprint density at radius 3 is 1.59 bits per heavy atom. The second-order valence-corrected chi connectivity index (χ2v) is 11.6. The molecule has 0 radical (unpaired) electrons. The molecule has 1 aliphatic rings. The Morgan fingerprint density at radius 1 is 0.707 bits per heavy atom. The lowest BCUT2D eigenvalue weighted by molar-refractivity contribution is -0.133. The second kappa shape index (κ2) is 12.8. The summed E-state index contributed by atoms with van der Waals surface area (Å²) in [5, 5.41) is 12.4. The zero-order valence-electron chi connectivity index (χ0n) is 24.3. The van der Waals surface area contributed by atoms with Gasteiger partial charge < -0.3 is 10.0 Å². The Labute approximate surface area is 244 Å². The number of likely N-dealkylation sites (N-methyl/N-ethyl adjacent to an activating group) is 1. The van der Waals surface area contributed by atoms with Gasteiger partial charge >= 0.3 is 0 Å². The van der Waals surface area contributed by atoms with Crippen molar-refractivity contribution in [1.29, 1.82) is 0 Å². The first kappa shape index (κ1) is 28.7. The Hall–Kier alpha value is -3.77. The molecule has 1 saturated heterocycles. The molecular weight excluding hydrogens is 506 g/mol. The maximum atomic E-state index is 14.0. The molecule has 0 aromatic heterocycles. The SMILES string of the molecule is CN1C(=O)C(C(O)[C@H](Cc2ccccc2)N(Cc2ccccc2)Cc2ccccc2)N(Cc2ccccc2)C1(C)C. The fourth-order valence-corrected chi connectivity index (χ4v) is 5.99. The highest BCUT2D eigenvalue weighted by Gasteiger charge is 2.54. The molecule has 5 rings (SSSR count). The average molecular weight is 548 g/mol. The molecule has 0 spiro atoms. The van der Waals surface area contributed by atoms with Crippen LogP contribution in [0.4, 0.5) is 0 Å². The van der Waals surface area contributed by atoms with E-state index >= 15 is 0 Å². The number of rotatable bonds is 11. The third-order valence-corrected chi connectivity index (χ3v) is 8.57. The highest BCUT2D eigenvalue weighted by atomic mass is 16.3. The van der Waals surface area contributed by atoms with Crippen molar-refractivity contribution < 1.29 is 9.90 Å². The summed E-state index contributed by atoms with van der Waals surface area (Å²) in [6.07, 6.45) is -0.308. The van der Waals surface area contributed by atoms with Crippen molar-refractivity contribution >= 4 is 5.91 Å². The van der Waals surface area contributed by atoms with Crippen LogP contribution < -0.4 is 0 Å². The molecule has 212 valence electrons. The molecule has 5 nitrogen and oxygen atoms in total. The lowest BCUT2D eigenvalue weighted by Gasteiger charge is -2.41. The number of aliphatic hydroxyl groups excluding tert-OH is 1. The van der Waals surface area contributed by atoms with E-state index in [0.717, 1.165) is 11.1 Å². The smallest absolute Gasteiger partial charge is 0.243 e. The number of carbonyl (C=O) groups excluding carboxylic acids is 1. The second-order valence-electron chi connectivity index (χ2n) is 11.6. The van der Waals surface area contributed by atoms with Gasteiger partial charge in [-0.2, -0.15) is 0 Å². The summed E-state index contributed by atoms with van der Waals surface area (Å²) in [6.45, 7) is 6.02. The van der Waals surface area contributed by atoms with Crippen molar-refractivity contribution in [1.82, 2.24) is 14.7 Å². The number of hydrogen-bond acceptors (Lipinski definition) is 4. The van der Waals surface area contributed by atoms with Gasteiger partial charge in [0.2, 0.25) is 5.91 Å². The summed E-state index contributed by atoms with van der Waals surface area (Å²) in [7, 11) is 1.85. The molecular formula is C36H41N3O2. The van der Waals surface area contributed by atoms with Crippen molar-refractivity contribution in [3.63, 3.8) is 0 Å². The van der Waals surface area contributed by atoms with Crippen LogP contribution in [-0.4, -0.2) is 56.6 Å². The molecule has 1 heterocycles. The van der Waals surface area contributed by atoms with Gasteiger partial charge in [-0.25, -0.2) is 0 Å². The Bertz CT molecular complexity index is 1340. The third-order valence-electron chi connectivity index (χ3n) is 8.57. The van der Waals surface area contributed by atoms with Crippen LogP contribution in [-0.2, 0) is 30.8 Å². The minimum atomic E-state index is -0.928. The van der Waals surface area contributed by atoms with Crippen LogP contribution in [0.5, 0.6) is 0 Å². The summed E-state index contributed by atoms with van der Waals surface area (Å²) < 4.78 is 0. The van der Waals surface area contributed by atoms with Crippen LogP contribution >= 0.6 is 0 Å². The molecule has 1 N–H and O–H groups in total. The first-order chi connectivity index (χ1) is 19.8. The number of amides is 1. The van der Waals surface area contributed by atoms with Crippen molar-refractivity contribution in [3.05, 3.63) is 144 Å². The summed E-state index contributed by atoms with van der Waals surface area (Å²) in [6, 6.07) is 40.3. The van der Waals surface area contributed by atoms with Crippen molar-refractivity contribution in [2.45, 2.75) is 63.8 Å². The molecule has 5 heteroatoms. The predicted molar refractivity (Wildman–Crippen MR) is 165 cm³/mol. The molecule has 0 bridgehead atoms. The molecule has 0 saturated carbocycles. The lowest BCUT2D eigenvalue weighted by Crippen LogP contribution is -2.56. The van der Waals surface area contributed by atoms with Crippen molar-refractivity contribution in [3.8, 4) is 0 Å². The fraction of sp³-hybridized carbons (Fsp3) is 0.306. The molecule has 41 heavy (non-hydrogen) atoms. The molecule has 4 aromatic carbocycles. The number of aliphatic hydroxyl groups is 1. The summed E-state index contributed by atoms with van der Waals surface area (Å²) >= 11 is 0. The van der Waals surface area contributed by atoms with E-state index in [-0.39, 0.29) is 11.9 Å². The van der Waals surface area contributed by atoms with Crippen LogP contribution in [0.25, 0.3) is 0 Å². The monoisotopic (exact) mass is 547 g/mol. The fourth-order valence-electron chi connectivity index (χ4n) is 5.99. The van der Waals surface area contributed by atoms with Gasteiger partial charge in [-0.05, 0) is 42.5 Å². The van der Waals surface area contributed by atoms with Crippen LogP contribution in [0.15, 0.2) is 121 Å². The Morgan fingerprint density at radius 2 is 1.12 bits per heavy atom. The van der Waals surface area contributed by atoms with Crippen molar-refractivity contribution in [2.24, 2.45) is 0 Å². The highest BCUT2D eigenvalue weighted by Crippen LogP contribution is 2.36. The molecule has 0 aliphatic carbocycles. The maximum Gasteiger partial charge on any atom is 0.243 e. The topological polar surface area (TPSA) is 47.0 Å². The minimum Gasteiger partial charge on any atom is -0.389 e. The Kier molecular flexibility index (Phi) is 8.99. The first-order valence-electron chi connectivity index (χ1n) is 14.5. The first-order valence-corrected chi connectivity index (χ1v) is 14.5. The molecule has 1 aliphatic heterocycles. The number of benzene rings is 4. The Balaban J connectivity index is 1.55. The van der Waals surface area contributed by atoms with E-state index in [9.17, 15) is 9.90 Å². The molecule has 4 aromatic rings. The van der Waals surface area contributed by atoms with Crippen molar-refractivity contribution in [2.75, 3.05) is 7.05 Å². The molecule has 2 unspecified atom stereocenters. The van der Waals surface area contributed by atoms with Gasteiger partial charge in [-0.15, -0.1) is 0 Å². The zero-order valence-corrected chi connectivity index (χ0v) is 24.3. The standard InChI is InChI=1S/C36H41N3O2/c1-36(2)37(3)35(41)33(39(36)27-31-22-14-7-15-23-31)34(40)32(24-28-16-8-4-9-17-28)38(25-29-18-10-5-11-19-29)26-30-20-12-6-13-21-30/h4-23,32-34,40H,24-27H2,1-3H3/t32-,33?,34?/m0/s1. The largest absolute Gasteiger partial charge is 0.389 e. The van der Waals surface area contributed by atoms with Gasteiger partial charge in [0.1, 0.15) is 6.04 Å². The lowest BCUT2D eigenvalue weighted by atomic mass is 9.92. The quantitative estimate of drug-likeness (QED) is 0.260. The van der Waals surface area contributed by atoms with Crippen LogP contribution in [0.3, 0.4) is 0 Å². The molecule has 3 atom stereocenters. The van der Waals surface area contributed by atoms with E-state index in [1.165, 1.54) is 11.1 Å². The van der Waals surface area contributed by atoms with Gasteiger partial charge in [0.25, 0.3) is 0 Å². The third kappa shape index (κ3) is 6.59. The van der Waals surface area contributed by atoms with Gasteiger partial charge in [0.05, 0.1) is 11.8 Å². The van der Waals surface area contributed by atoms with E-state index in [0.29, 0.717) is 26.1 Å². The normalized spacial score (nSPS) is 18.5. The van der Waals surface area contributed by atoms with E-state index in [4.69, 9.17) is 0 Å².